The number of hydrogen-bond donors (Lipinski definition) is 0. The second-order valence-electron chi connectivity index (χ2n) is 8.75. The molecule has 0 aliphatic rings. The fourth-order valence-electron chi connectivity index (χ4n) is 4.52. The van der Waals surface area contributed by atoms with Gasteiger partial charge in [0.25, 0.3) is 11.5 Å². The molecule has 9 heteroatoms. The Hall–Kier alpha value is -3.85. The molecule has 0 atom stereocenters. The molecule has 2 heterocycles. The van der Waals surface area contributed by atoms with Gasteiger partial charge < -0.3 is 14.4 Å². The summed E-state index contributed by atoms with van der Waals surface area (Å²) in [5.74, 6) is 0.715. The molecule has 0 unspecified atom stereocenters. The zero-order chi connectivity index (χ0) is 26.9. The van der Waals surface area contributed by atoms with Gasteiger partial charge in [-0.2, -0.15) is 0 Å². The van der Waals surface area contributed by atoms with Gasteiger partial charge in [0.1, 0.15) is 16.3 Å². The van der Waals surface area contributed by atoms with Crippen molar-refractivity contribution in [2.75, 3.05) is 27.3 Å². The van der Waals surface area contributed by atoms with Gasteiger partial charge in [0.2, 0.25) is 0 Å². The van der Waals surface area contributed by atoms with E-state index in [1.54, 1.807) is 34.6 Å². The average molecular weight is 522 g/mol. The lowest BCUT2D eigenvalue weighted by atomic mass is 10.1. The highest BCUT2D eigenvalue weighted by Gasteiger charge is 2.26. The molecule has 0 saturated carbocycles. The zero-order valence-corrected chi connectivity index (χ0v) is 22.8. The van der Waals surface area contributed by atoms with Crippen molar-refractivity contribution < 1.29 is 14.3 Å². The fourth-order valence-corrected chi connectivity index (χ4v) is 5.78. The molecule has 0 radical (unpaired) electrons. The summed E-state index contributed by atoms with van der Waals surface area (Å²) in [4.78, 5) is 43.9. The highest BCUT2D eigenvalue weighted by Crippen LogP contribution is 2.31. The zero-order valence-electron chi connectivity index (χ0n) is 22.0. The molecule has 1 amide bonds. The number of ether oxygens (including phenoxy) is 2. The molecule has 2 aromatic heterocycles. The highest BCUT2D eigenvalue weighted by molar-refractivity contribution is 7.20. The topological polar surface area (TPSA) is 82.8 Å². The van der Waals surface area contributed by atoms with E-state index in [0.29, 0.717) is 50.9 Å². The van der Waals surface area contributed by atoms with Crippen LogP contribution < -0.4 is 20.7 Å². The first kappa shape index (κ1) is 26.2. The number of nitrogens with zero attached hydrogens (tertiary/aromatic N) is 3. The Morgan fingerprint density at radius 1 is 1.00 bits per heavy atom. The minimum absolute atomic E-state index is 0.147. The largest absolute Gasteiger partial charge is 0.497 e. The highest BCUT2D eigenvalue weighted by atomic mass is 32.1. The number of fused-ring (bicyclic) bond motifs is 1. The standard InChI is InChI=1S/C28H31N3O5S/c1-7-29(8-2)26(33)24-18(4)23-25(32)31(21-13-12-20(35-5)15-22(21)36-6)28(34)30(27(23)37-24)16-19-11-9-10-17(3)14-19/h9-15H,7-8,16H2,1-6H3. The fraction of sp³-hybridized carbons (Fsp3) is 0.321. The smallest absolute Gasteiger partial charge is 0.337 e. The molecule has 4 aromatic rings. The number of benzene rings is 2. The molecule has 37 heavy (non-hydrogen) atoms. The van der Waals surface area contributed by atoms with E-state index >= 15 is 0 Å². The quantitative estimate of drug-likeness (QED) is 0.344. The van der Waals surface area contributed by atoms with E-state index in [9.17, 15) is 14.4 Å². The van der Waals surface area contributed by atoms with E-state index in [0.717, 1.165) is 15.7 Å². The van der Waals surface area contributed by atoms with Crippen molar-refractivity contribution in [2.45, 2.75) is 34.2 Å². The van der Waals surface area contributed by atoms with Gasteiger partial charge in [-0.05, 0) is 51.0 Å². The third-order valence-corrected chi connectivity index (χ3v) is 7.81. The van der Waals surface area contributed by atoms with Crippen molar-refractivity contribution in [1.82, 2.24) is 14.0 Å². The van der Waals surface area contributed by atoms with Gasteiger partial charge in [0.15, 0.2) is 0 Å². The monoisotopic (exact) mass is 521 g/mol. The van der Waals surface area contributed by atoms with E-state index in [1.807, 2.05) is 45.0 Å². The molecule has 4 rings (SSSR count). The maximum Gasteiger partial charge on any atom is 0.337 e. The van der Waals surface area contributed by atoms with Crippen molar-refractivity contribution in [3.05, 3.63) is 84.9 Å². The van der Waals surface area contributed by atoms with Crippen molar-refractivity contribution in [3.8, 4) is 17.2 Å². The minimum atomic E-state index is -0.509. The van der Waals surface area contributed by atoms with E-state index in [-0.39, 0.29) is 12.5 Å². The Kier molecular flexibility index (Phi) is 7.54. The molecule has 0 fully saturated rings. The molecule has 194 valence electrons. The van der Waals surface area contributed by atoms with Crippen LogP contribution in [-0.2, 0) is 6.54 Å². The number of methoxy groups -OCH3 is 2. The second-order valence-corrected chi connectivity index (χ2v) is 9.75. The minimum Gasteiger partial charge on any atom is -0.497 e. The maximum absolute atomic E-state index is 14.0. The summed E-state index contributed by atoms with van der Waals surface area (Å²) in [6.45, 7) is 8.93. The molecule has 0 bridgehead atoms. The Morgan fingerprint density at radius 2 is 1.73 bits per heavy atom. The summed E-state index contributed by atoms with van der Waals surface area (Å²) >= 11 is 1.20. The van der Waals surface area contributed by atoms with Gasteiger partial charge in [-0.1, -0.05) is 29.8 Å². The number of thiophene rings is 1. The number of amides is 1. The normalized spacial score (nSPS) is 11.1. The van der Waals surface area contributed by atoms with Crippen LogP contribution in [-0.4, -0.2) is 47.3 Å². The Balaban J connectivity index is 2.08. The molecule has 8 nitrogen and oxygen atoms in total. The molecular formula is C28H31N3O5S. The summed E-state index contributed by atoms with van der Waals surface area (Å²) in [6.07, 6.45) is 0. The number of carbonyl (C=O) groups excluding carboxylic acids is 1. The first-order valence-corrected chi connectivity index (χ1v) is 12.9. The van der Waals surface area contributed by atoms with Crippen LogP contribution in [0.15, 0.2) is 52.1 Å². The molecule has 0 spiro atoms. The van der Waals surface area contributed by atoms with Crippen LogP contribution in [0.1, 0.15) is 40.2 Å². The van der Waals surface area contributed by atoms with Gasteiger partial charge in [-0.15, -0.1) is 11.3 Å². The predicted molar refractivity (Wildman–Crippen MR) is 147 cm³/mol. The number of hydrogen-bond acceptors (Lipinski definition) is 6. The van der Waals surface area contributed by atoms with Crippen LogP contribution in [0.5, 0.6) is 11.5 Å². The van der Waals surface area contributed by atoms with Crippen LogP contribution in [0.2, 0.25) is 0 Å². The van der Waals surface area contributed by atoms with E-state index in [2.05, 4.69) is 0 Å². The molecule has 2 aromatic carbocycles. The summed E-state index contributed by atoms with van der Waals surface area (Å²) in [5, 5.41) is 0.352. The Bertz CT molecular complexity index is 1590. The summed E-state index contributed by atoms with van der Waals surface area (Å²) in [7, 11) is 3.01. The van der Waals surface area contributed by atoms with Crippen LogP contribution in [0, 0.1) is 13.8 Å². The third-order valence-electron chi connectivity index (χ3n) is 6.51. The van der Waals surface area contributed by atoms with Crippen LogP contribution in [0.4, 0.5) is 0 Å². The summed E-state index contributed by atoms with van der Waals surface area (Å²) in [6, 6.07) is 12.8. The number of aryl methyl sites for hydroxylation is 2. The van der Waals surface area contributed by atoms with Crippen LogP contribution in [0.3, 0.4) is 0 Å². The summed E-state index contributed by atoms with van der Waals surface area (Å²) in [5.41, 5.74) is 1.85. The average Bonchev–Trinajstić information content (AvgIpc) is 3.24. The number of carbonyl (C=O) groups is 1. The van der Waals surface area contributed by atoms with Crippen molar-refractivity contribution in [2.24, 2.45) is 0 Å². The van der Waals surface area contributed by atoms with Gasteiger partial charge in [0.05, 0.1) is 36.7 Å². The van der Waals surface area contributed by atoms with Gasteiger partial charge >= 0.3 is 5.69 Å². The maximum atomic E-state index is 14.0. The van der Waals surface area contributed by atoms with Crippen molar-refractivity contribution in [1.29, 1.82) is 0 Å². The van der Waals surface area contributed by atoms with Crippen molar-refractivity contribution in [3.63, 3.8) is 0 Å². The second kappa shape index (κ2) is 10.6. The summed E-state index contributed by atoms with van der Waals surface area (Å²) < 4.78 is 13.5. The molecule has 0 aliphatic heterocycles. The third kappa shape index (κ3) is 4.67. The van der Waals surface area contributed by atoms with Crippen LogP contribution in [0.25, 0.3) is 15.9 Å². The molecule has 0 N–H and O–H groups in total. The Labute approximate surface area is 219 Å². The van der Waals surface area contributed by atoms with Gasteiger partial charge in [-0.25, -0.2) is 9.36 Å². The van der Waals surface area contributed by atoms with E-state index in [1.165, 1.54) is 25.6 Å². The van der Waals surface area contributed by atoms with Gasteiger partial charge in [0, 0.05) is 19.2 Å². The molecule has 0 saturated heterocycles. The number of aromatic nitrogens is 2. The van der Waals surface area contributed by atoms with Gasteiger partial charge in [-0.3, -0.25) is 14.2 Å². The SMILES string of the molecule is CCN(CC)C(=O)c1sc2c(c1C)c(=O)n(-c1ccc(OC)cc1OC)c(=O)n2Cc1cccc(C)c1. The predicted octanol–water partition coefficient (Wildman–Crippen LogP) is 4.38. The van der Waals surface area contributed by atoms with E-state index < -0.39 is 11.2 Å². The first-order chi connectivity index (χ1) is 17.7. The number of rotatable bonds is 8. The van der Waals surface area contributed by atoms with Crippen molar-refractivity contribution >= 4 is 27.5 Å². The molecular weight excluding hydrogens is 490 g/mol. The van der Waals surface area contributed by atoms with Crippen LogP contribution >= 0.6 is 11.3 Å². The molecule has 0 aliphatic carbocycles. The van der Waals surface area contributed by atoms with E-state index in [4.69, 9.17) is 9.47 Å². The first-order valence-electron chi connectivity index (χ1n) is 12.1. The lowest BCUT2D eigenvalue weighted by Crippen LogP contribution is -2.39. The lowest BCUT2D eigenvalue weighted by Gasteiger charge is -2.17. The lowest BCUT2D eigenvalue weighted by molar-refractivity contribution is 0.0777. The Morgan fingerprint density at radius 3 is 2.35 bits per heavy atom.